The molecule has 12 nitrogen and oxygen atoms in total. The lowest BCUT2D eigenvalue weighted by Gasteiger charge is -2.29. The monoisotopic (exact) mass is 484 g/mol. The molecule has 192 valence electrons. The van der Waals surface area contributed by atoms with E-state index in [2.05, 4.69) is 20.7 Å². The van der Waals surface area contributed by atoms with Crippen molar-refractivity contribution in [2.75, 3.05) is 13.7 Å². The SMILES string of the molecule is CCCC[C@H](NC(=O)[C@@H]1CCCN1C(=O)[C@H](C)NC(=O)[C@H](C)NC(=O)CCC(=O)OC)B(O)O. The van der Waals surface area contributed by atoms with Crippen molar-refractivity contribution < 1.29 is 38.8 Å². The Labute approximate surface area is 200 Å². The molecule has 0 radical (unpaired) electrons. The first-order valence-corrected chi connectivity index (χ1v) is 11.6. The Hall–Kier alpha value is -2.67. The Morgan fingerprint density at radius 3 is 2.32 bits per heavy atom. The summed E-state index contributed by atoms with van der Waals surface area (Å²) in [4.78, 5) is 62.5. The van der Waals surface area contributed by atoms with E-state index in [1.807, 2.05) is 6.92 Å². The van der Waals surface area contributed by atoms with Gasteiger partial charge in [-0.25, -0.2) is 0 Å². The Morgan fingerprint density at radius 1 is 1.06 bits per heavy atom. The number of hydrogen-bond acceptors (Lipinski definition) is 8. The van der Waals surface area contributed by atoms with Gasteiger partial charge in [-0.2, -0.15) is 0 Å². The molecule has 0 aromatic heterocycles. The summed E-state index contributed by atoms with van der Waals surface area (Å²) in [5.74, 6) is -3.39. The zero-order chi connectivity index (χ0) is 25.8. The van der Waals surface area contributed by atoms with E-state index in [4.69, 9.17) is 0 Å². The molecule has 1 aliphatic heterocycles. The van der Waals surface area contributed by atoms with Crippen LogP contribution in [0.25, 0.3) is 0 Å². The molecule has 1 saturated heterocycles. The number of rotatable bonds is 13. The lowest BCUT2D eigenvalue weighted by atomic mass is 9.76. The lowest BCUT2D eigenvalue weighted by molar-refractivity contribution is -0.142. The molecule has 0 aliphatic carbocycles. The maximum Gasteiger partial charge on any atom is 0.475 e. The topological polar surface area (TPSA) is 174 Å². The zero-order valence-corrected chi connectivity index (χ0v) is 20.3. The number of ether oxygens (including phenoxy) is 1. The van der Waals surface area contributed by atoms with Gasteiger partial charge in [0.15, 0.2) is 0 Å². The summed E-state index contributed by atoms with van der Waals surface area (Å²) in [6, 6.07) is -2.66. The van der Waals surface area contributed by atoms with Crippen molar-refractivity contribution in [1.29, 1.82) is 0 Å². The summed E-state index contributed by atoms with van der Waals surface area (Å²) in [6.07, 6.45) is 2.70. The van der Waals surface area contributed by atoms with Gasteiger partial charge < -0.3 is 35.6 Å². The second-order valence-corrected chi connectivity index (χ2v) is 8.46. The molecule has 1 heterocycles. The summed E-state index contributed by atoms with van der Waals surface area (Å²) in [7, 11) is -0.493. The molecule has 1 rings (SSSR count). The molecule has 4 amide bonds. The Kier molecular flexibility index (Phi) is 12.6. The average Bonchev–Trinajstić information content (AvgIpc) is 3.29. The second-order valence-electron chi connectivity index (χ2n) is 8.46. The van der Waals surface area contributed by atoms with E-state index >= 15 is 0 Å². The standard InChI is InChI=1S/C21H37BN4O8/c1-5-6-9-16(22(32)33)25-20(30)15-8-7-12-26(15)21(31)14(3)24-19(29)13(2)23-17(27)10-11-18(28)34-4/h13-16,32-33H,5-12H2,1-4H3,(H,23,27)(H,24,29)(H,25,30)/t13-,14-,15-,16-/m0/s1. The number of amides is 4. The number of hydrogen-bond donors (Lipinski definition) is 5. The van der Waals surface area contributed by atoms with Crippen molar-refractivity contribution in [3.63, 3.8) is 0 Å². The molecular weight excluding hydrogens is 447 g/mol. The van der Waals surface area contributed by atoms with Crippen molar-refractivity contribution in [2.24, 2.45) is 0 Å². The molecule has 0 saturated carbocycles. The molecule has 0 aromatic carbocycles. The van der Waals surface area contributed by atoms with Crippen LogP contribution in [-0.4, -0.2) is 89.4 Å². The van der Waals surface area contributed by atoms with Gasteiger partial charge in [-0.3, -0.25) is 24.0 Å². The van der Waals surface area contributed by atoms with Crippen molar-refractivity contribution in [2.45, 2.75) is 89.8 Å². The Balaban J connectivity index is 2.64. The van der Waals surface area contributed by atoms with Crippen LogP contribution in [0.15, 0.2) is 0 Å². The number of esters is 1. The first-order chi connectivity index (χ1) is 16.0. The van der Waals surface area contributed by atoms with E-state index < -0.39 is 60.8 Å². The third-order valence-electron chi connectivity index (χ3n) is 5.68. The van der Waals surface area contributed by atoms with Crippen molar-refractivity contribution in [3.05, 3.63) is 0 Å². The minimum absolute atomic E-state index is 0.114. The third kappa shape index (κ3) is 9.30. The van der Waals surface area contributed by atoms with Crippen LogP contribution in [0.5, 0.6) is 0 Å². The first kappa shape index (κ1) is 29.4. The van der Waals surface area contributed by atoms with Crippen LogP contribution in [0.3, 0.4) is 0 Å². The molecule has 1 fully saturated rings. The highest BCUT2D eigenvalue weighted by Gasteiger charge is 2.38. The third-order valence-corrected chi connectivity index (χ3v) is 5.68. The molecule has 1 aliphatic rings. The van der Waals surface area contributed by atoms with Gasteiger partial charge in [0.1, 0.15) is 18.1 Å². The van der Waals surface area contributed by atoms with Crippen LogP contribution in [-0.2, 0) is 28.7 Å². The predicted molar refractivity (Wildman–Crippen MR) is 123 cm³/mol. The van der Waals surface area contributed by atoms with E-state index in [1.165, 1.54) is 25.9 Å². The highest BCUT2D eigenvalue weighted by molar-refractivity contribution is 6.43. The number of unbranched alkanes of at least 4 members (excludes halogenated alkanes) is 1. The predicted octanol–water partition coefficient (Wildman–Crippen LogP) is -1.37. The van der Waals surface area contributed by atoms with Gasteiger partial charge in [-0.1, -0.05) is 19.8 Å². The number of nitrogens with one attached hydrogen (secondary N) is 3. The number of nitrogens with zero attached hydrogens (tertiary/aromatic N) is 1. The Bertz CT molecular complexity index is 736. The van der Waals surface area contributed by atoms with E-state index in [0.717, 1.165) is 6.42 Å². The van der Waals surface area contributed by atoms with Gasteiger partial charge in [0, 0.05) is 13.0 Å². The van der Waals surface area contributed by atoms with Crippen LogP contribution in [0.4, 0.5) is 0 Å². The number of carbonyl (C=O) groups is 5. The molecule has 0 aromatic rings. The van der Waals surface area contributed by atoms with Crippen molar-refractivity contribution in [1.82, 2.24) is 20.9 Å². The fourth-order valence-electron chi connectivity index (χ4n) is 3.65. The second kappa shape index (κ2) is 14.6. The summed E-state index contributed by atoms with van der Waals surface area (Å²) >= 11 is 0. The minimum Gasteiger partial charge on any atom is -0.469 e. The summed E-state index contributed by atoms with van der Waals surface area (Å²) in [5, 5.41) is 26.7. The van der Waals surface area contributed by atoms with E-state index in [9.17, 15) is 34.0 Å². The average molecular weight is 484 g/mol. The number of likely N-dealkylation sites (tertiary alicyclic amines) is 1. The maximum atomic E-state index is 12.9. The maximum absolute atomic E-state index is 12.9. The van der Waals surface area contributed by atoms with Crippen LogP contribution < -0.4 is 16.0 Å². The van der Waals surface area contributed by atoms with Crippen LogP contribution in [0.2, 0.25) is 0 Å². The largest absolute Gasteiger partial charge is 0.475 e. The van der Waals surface area contributed by atoms with Gasteiger partial charge >= 0.3 is 13.1 Å². The van der Waals surface area contributed by atoms with Gasteiger partial charge in [0.2, 0.25) is 23.6 Å². The number of carbonyl (C=O) groups excluding carboxylic acids is 5. The lowest BCUT2D eigenvalue weighted by Crippen LogP contribution is -2.57. The molecule has 0 bridgehead atoms. The van der Waals surface area contributed by atoms with Gasteiger partial charge in [-0.05, 0) is 33.1 Å². The quantitative estimate of drug-likeness (QED) is 0.157. The molecule has 13 heteroatoms. The van der Waals surface area contributed by atoms with Gasteiger partial charge in [-0.15, -0.1) is 0 Å². The fourth-order valence-corrected chi connectivity index (χ4v) is 3.65. The van der Waals surface area contributed by atoms with Crippen LogP contribution in [0, 0.1) is 0 Å². The summed E-state index contributed by atoms with van der Waals surface area (Å²) < 4.78 is 4.46. The highest BCUT2D eigenvalue weighted by Crippen LogP contribution is 2.19. The smallest absolute Gasteiger partial charge is 0.469 e. The van der Waals surface area contributed by atoms with Crippen molar-refractivity contribution in [3.8, 4) is 0 Å². The van der Waals surface area contributed by atoms with E-state index in [-0.39, 0.29) is 12.8 Å². The molecule has 0 unspecified atom stereocenters. The molecule has 4 atom stereocenters. The normalized spacial score (nSPS) is 17.8. The first-order valence-electron chi connectivity index (χ1n) is 11.6. The molecule has 5 N–H and O–H groups in total. The zero-order valence-electron chi connectivity index (χ0n) is 20.3. The van der Waals surface area contributed by atoms with Crippen LogP contribution in [0.1, 0.15) is 65.7 Å². The van der Waals surface area contributed by atoms with Crippen molar-refractivity contribution >= 4 is 36.7 Å². The number of methoxy groups -OCH3 is 1. The summed E-state index contributed by atoms with van der Waals surface area (Å²) in [6.45, 7) is 5.22. The minimum atomic E-state index is -1.71. The molecular formula is C21H37BN4O8. The summed E-state index contributed by atoms with van der Waals surface area (Å²) in [5.41, 5.74) is 0. The van der Waals surface area contributed by atoms with Gasteiger partial charge in [0.05, 0.1) is 19.5 Å². The Morgan fingerprint density at radius 2 is 1.74 bits per heavy atom. The van der Waals surface area contributed by atoms with E-state index in [0.29, 0.717) is 32.2 Å². The fraction of sp³-hybridized carbons (Fsp3) is 0.762. The van der Waals surface area contributed by atoms with Crippen LogP contribution >= 0.6 is 0 Å². The van der Waals surface area contributed by atoms with Gasteiger partial charge in [0.25, 0.3) is 0 Å². The van der Waals surface area contributed by atoms with E-state index in [1.54, 1.807) is 0 Å². The molecule has 34 heavy (non-hydrogen) atoms. The molecule has 0 spiro atoms. The highest BCUT2D eigenvalue weighted by atomic mass is 16.5.